The molecule has 0 aliphatic carbocycles. The highest BCUT2D eigenvalue weighted by atomic mass is 16.8. The first kappa shape index (κ1) is 14.9. The van der Waals surface area contributed by atoms with Crippen molar-refractivity contribution in [2.45, 2.75) is 31.7 Å². The molecule has 0 saturated carbocycles. The number of imide groups is 1. The number of carbonyl (C=O) groups excluding carboxylic acids is 3. The maximum Gasteiger partial charge on any atom is 0.261 e. The van der Waals surface area contributed by atoms with Crippen molar-refractivity contribution < 1.29 is 23.9 Å². The van der Waals surface area contributed by atoms with Crippen LogP contribution in [0.1, 0.15) is 41.0 Å². The van der Waals surface area contributed by atoms with E-state index in [0.717, 1.165) is 4.90 Å². The predicted molar refractivity (Wildman–Crippen MR) is 76.3 cm³/mol. The molecule has 1 aromatic carbocycles. The van der Waals surface area contributed by atoms with E-state index < -0.39 is 11.4 Å². The molecule has 1 aromatic rings. The van der Waals surface area contributed by atoms with Crippen LogP contribution in [0.5, 0.6) is 0 Å². The first-order chi connectivity index (χ1) is 10.4. The zero-order valence-electron chi connectivity index (χ0n) is 12.5. The first-order valence-corrected chi connectivity index (χ1v) is 7.13. The van der Waals surface area contributed by atoms with E-state index in [1.54, 1.807) is 38.1 Å². The molecule has 0 radical (unpaired) electrons. The molecule has 6 nitrogen and oxygen atoms in total. The summed E-state index contributed by atoms with van der Waals surface area (Å²) in [6.07, 6.45) is 0.908. The Balaban J connectivity index is 1.74. The minimum absolute atomic E-state index is 0.116. The number of fused-ring (bicyclic) bond motifs is 1. The summed E-state index contributed by atoms with van der Waals surface area (Å²) >= 11 is 0. The second-order valence-corrected chi connectivity index (χ2v) is 6.03. The van der Waals surface area contributed by atoms with Gasteiger partial charge in [-0.3, -0.25) is 14.5 Å². The Morgan fingerprint density at radius 3 is 2.23 bits per heavy atom. The quantitative estimate of drug-likeness (QED) is 0.621. The molecule has 2 aliphatic rings. The van der Waals surface area contributed by atoms with E-state index in [1.165, 1.54) is 0 Å². The van der Waals surface area contributed by atoms with E-state index in [1.807, 2.05) is 0 Å². The topological polar surface area (TPSA) is 72.9 Å². The van der Waals surface area contributed by atoms with E-state index in [4.69, 9.17) is 9.47 Å². The van der Waals surface area contributed by atoms with Gasteiger partial charge < -0.3 is 14.3 Å². The maximum absolute atomic E-state index is 12.3. The van der Waals surface area contributed by atoms with Crippen molar-refractivity contribution in [2.24, 2.45) is 0 Å². The SMILES string of the molecule is CC1(C)OCC(C=O)(CCN2C(=O)c3ccccc3C2=O)O1. The van der Waals surface area contributed by atoms with Gasteiger partial charge in [-0.05, 0) is 26.0 Å². The number of hydrogen-bond donors (Lipinski definition) is 0. The van der Waals surface area contributed by atoms with Crippen LogP contribution in [0.3, 0.4) is 0 Å². The molecule has 2 aliphatic heterocycles. The number of hydrogen-bond acceptors (Lipinski definition) is 5. The van der Waals surface area contributed by atoms with Crippen LogP contribution in [-0.4, -0.2) is 47.5 Å². The molecule has 2 amide bonds. The molecule has 1 saturated heterocycles. The zero-order valence-corrected chi connectivity index (χ0v) is 12.5. The standard InChI is InChI=1S/C16H17NO5/c1-15(2)21-10-16(9-18,22-15)7-8-17-13(19)11-5-3-4-6-12(11)14(17)20/h3-6,9H,7-8,10H2,1-2H3. The molecule has 22 heavy (non-hydrogen) atoms. The Morgan fingerprint density at radius 2 is 1.77 bits per heavy atom. The van der Waals surface area contributed by atoms with Crippen LogP contribution in [0.2, 0.25) is 0 Å². The zero-order chi connectivity index (χ0) is 16.0. The lowest BCUT2D eigenvalue weighted by Gasteiger charge is -2.25. The highest BCUT2D eigenvalue weighted by Gasteiger charge is 2.46. The third-order valence-electron chi connectivity index (χ3n) is 3.96. The summed E-state index contributed by atoms with van der Waals surface area (Å²) in [7, 11) is 0. The summed E-state index contributed by atoms with van der Waals surface area (Å²) in [5.74, 6) is -1.51. The smallest absolute Gasteiger partial charge is 0.261 e. The number of amides is 2. The summed E-state index contributed by atoms with van der Waals surface area (Å²) in [5, 5.41) is 0. The fourth-order valence-electron chi connectivity index (χ4n) is 2.83. The normalized spacial score (nSPS) is 26.4. The predicted octanol–water partition coefficient (Wildman–Crippen LogP) is 1.39. The Kier molecular flexibility index (Phi) is 3.38. The lowest BCUT2D eigenvalue weighted by Crippen LogP contribution is -2.41. The van der Waals surface area contributed by atoms with Gasteiger partial charge in [-0.2, -0.15) is 0 Å². The van der Waals surface area contributed by atoms with Crippen molar-refractivity contribution in [3.63, 3.8) is 0 Å². The highest BCUT2D eigenvalue weighted by molar-refractivity contribution is 6.21. The third kappa shape index (κ3) is 2.34. The van der Waals surface area contributed by atoms with Gasteiger partial charge in [0.1, 0.15) is 0 Å². The first-order valence-electron chi connectivity index (χ1n) is 7.13. The van der Waals surface area contributed by atoms with Crippen LogP contribution >= 0.6 is 0 Å². The number of benzene rings is 1. The Morgan fingerprint density at radius 1 is 1.18 bits per heavy atom. The molecule has 0 aromatic heterocycles. The van der Waals surface area contributed by atoms with Crippen LogP contribution in [0.25, 0.3) is 0 Å². The number of carbonyl (C=O) groups is 3. The number of rotatable bonds is 4. The highest BCUT2D eigenvalue weighted by Crippen LogP contribution is 2.33. The van der Waals surface area contributed by atoms with E-state index in [9.17, 15) is 14.4 Å². The van der Waals surface area contributed by atoms with Crippen molar-refractivity contribution >= 4 is 18.1 Å². The van der Waals surface area contributed by atoms with Crippen molar-refractivity contribution in [3.8, 4) is 0 Å². The third-order valence-corrected chi connectivity index (χ3v) is 3.96. The average molecular weight is 303 g/mol. The molecule has 0 N–H and O–H groups in total. The lowest BCUT2D eigenvalue weighted by molar-refractivity contribution is -0.166. The summed E-state index contributed by atoms with van der Waals surface area (Å²) in [5.41, 5.74) is -0.313. The van der Waals surface area contributed by atoms with Gasteiger partial charge in [-0.15, -0.1) is 0 Å². The molecule has 1 unspecified atom stereocenters. The van der Waals surface area contributed by atoms with Gasteiger partial charge in [0.25, 0.3) is 11.8 Å². The summed E-state index contributed by atoms with van der Waals surface area (Å²) in [4.78, 5) is 37.1. The molecule has 116 valence electrons. The molecule has 6 heteroatoms. The van der Waals surface area contributed by atoms with Crippen LogP contribution in [0.15, 0.2) is 24.3 Å². The average Bonchev–Trinajstić information content (AvgIpc) is 2.94. The second-order valence-electron chi connectivity index (χ2n) is 6.03. The monoisotopic (exact) mass is 303 g/mol. The largest absolute Gasteiger partial charge is 0.347 e. The molecule has 1 fully saturated rings. The van der Waals surface area contributed by atoms with Gasteiger partial charge in [-0.1, -0.05) is 12.1 Å². The minimum Gasteiger partial charge on any atom is -0.347 e. The Labute approximate surface area is 128 Å². The molecule has 3 rings (SSSR count). The molecular formula is C16H17NO5. The van der Waals surface area contributed by atoms with Gasteiger partial charge in [0, 0.05) is 13.0 Å². The van der Waals surface area contributed by atoms with Gasteiger partial charge in [0.15, 0.2) is 17.7 Å². The Hall–Kier alpha value is -2.05. The van der Waals surface area contributed by atoms with E-state index in [2.05, 4.69) is 0 Å². The fourth-order valence-corrected chi connectivity index (χ4v) is 2.83. The molecular weight excluding hydrogens is 286 g/mol. The van der Waals surface area contributed by atoms with E-state index in [-0.39, 0.29) is 31.4 Å². The minimum atomic E-state index is -1.11. The Bertz CT molecular complexity index is 619. The maximum atomic E-state index is 12.3. The number of ether oxygens (including phenoxy) is 2. The van der Waals surface area contributed by atoms with Crippen LogP contribution < -0.4 is 0 Å². The molecule has 2 heterocycles. The van der Waals surface area contributed by atoms with Crippen LogP contribution in [0, 0.1) is 0 Å². The molecule has 0 bridgehead atoms. The number of aldehydes is 1. The summed E-state index contributed by atoms with van der Waals surface area (Å²) in [6, 6.07) is 6.69. The lowest BCUT2D eigenvalue weighted by atomic mass is 10.0. The van der Waals surface area contributed by atoms with Gasteiger partial charge in [0.2, 0.25) is 0 Å². The van der Waals surface area contributed by atoms with Crippen LogP contribution in [0.4, 0.5) is 0 Å². The fraction of sp³-hybridized carbons (Fsp3) is 0.438. The van der Waals surface area contributed by atoms with Gasteiger partial charge >= 0.3 is 0 Å². The van der Waals surface area contributed by atoms with Gasteiger partial charge in [0.05, 0.1) is 17.7 Å². The van der Waals surface area contributed by atoms with Gasteiger partial charge in [-0.25, -0.2) is 0 Å². The summed E-state index contributed by atoms with van der Waals surface area (Å²) in [6.45, 7) is 3.68. The second kappa shape index (κ2) is 5.00. The van der Waals surface area contributed by atoms with Crippen molar-refractivity contribution in [3.05, 3.63) is 35.4 Å². The molecule has 0 spiro atoms. The van der Waals surface area contributed by atoms with E-state index in [0.29, 0.717) is 17.4 Å². The summed E-state index contributed by atoms with van der Waals surface area (Å²) < 4.78 is 11.1. The van der Waals surface area contributed by atoms with Crippen molar-refractivity contribution in [1.29, 1.82) is 0 Å². The molecule has 1 atom stereocenters. The van der Waals surface area contributed by atoms with Crippen LogP contribution in [-0.2, 0) is 14.3 Å². The van der Waals surface area contributed by atoms with Crippen molar-refractivity contribution in [1.82, 2.24) is 4.90 Å². The van der Waals surface area contributed by atoms with Crippen molar-refractivity contribution in [2.75, 3.05) is 13.2 Å². The van der Waals surface area contributed by atoms with E-state index >= 15 is 0 Å². The number of nitrogens with zero attached hydrogens (tertiary/aromatic N) is 1.